The molecule has 0 aliphatic heterocycles. The van der Waals surface area contributed by atoms with Crippen LogP contribution in [0.25, 0.3) is 0 Å². The molecule has 0 fully saturated rings. The maximum atomic E-state index is 12.2. The van der Waals surface area contributed by atoms with E-state index in [0.717, 1.165) is 10.4 Å². The fourth-order valence-corrected chi connectivity index (χ4v) is 2.86. The van der Waals surface area contributed by atoms with Gasteiger partial charge >= 0.3 is 0 Å². The molecule has 2 aromatic rings. The number of nitrogens with one attached hydrogen (secondary N) is 1. The van der Waals surface area contributed by atoms with Crippen molar-refractivity contribution in [1.82, 2.24) is 5.32 Å². The van der Waals surface area contributed by atoms with E-state index < -0.39 is 5.92 Å². The molecule has 102 valence electrons. The number of rotatable bonds is 4. The van der Waals surface area contributed by atoms with E-state index in [4.69, 9.17) is 0 Å². The van der Waals surface area contributed by atoms with Gasteiger partial charge in [0, 0.05) is 9.75 Å². The second kappa shape index (κ2) is 6.36. The summed E-state index contributed by atoms with van der Waals surface area (Å²) in [5.74, 6) is -1.02. The van der Waals surface area contributed by atoms with Gasteiger partial charge in [-0.2, -0.15) is 5.26 Å². The van der Waals surface area contributed by atoms with Crippen molar-refractivity contribution in [2.75, 3.05) is 0 Å². The van der Waals surface area contributed by atoms with Crippen molar-refractivity contribution in [3.05, 3.63) is 57.8 Å². The van der Waals surface area contributed by atoms with E-state index in [1.807, 2.05) is 44.2 Å². The minimum absolute atomic E-state index is 0.0826. The molecule has 20 heavy (non-hydrogen) atoms. The number of aryl methyl sites for hydroxylation is 1. The van der Waals surface area contributed by atoms with Crippen LogP contribution in [0.3, 0.4) is 0 Å². The summed E-state index contributed by atoms with van der Waals surface area (Å²) in [6.07, 6.45) is 0. The van der Waals surface area contributed by atoms with Gasteiger partial charge in [-0.1, -0.05) is 30.3 Å². The van der Waals surface area contributed by atoms with Crippen molar-refractivity contribution in [2.45, 2.75) is 25.8 Å². The maximum Gasteiger partial charge on any atom is 0.242 e. The van der Waals surface area contributed by atoms with E-state index in [0.29, 0.717) is 0 Å². The third-order valence-electron chi connectivity index (χ3n) is 3.07. The van der Waals surface area contributed by atoms with Gasteiger partial charge in [0.1, 0.15) is 5.92 Å². The average molecular weight is 284 g/mol. The Morgan fingerprint density at radius 1 is 1.25 bits per heavy atom. The molecule has 0 aliphatic rings. The molecule has 0 spiro atoms. The zero-order chi connectivity index (χ0) is 14.5. The Hall–Kier alpha value is -2.12. The normalized spacial score (nSPS) is 13.2. The minimum Gasteiger partial charge on any atom is -0.347 e. The molecule has 4 heteroatoms. The van der Waals surface area contributed by atoms with Crippen LogP contribution in [0.2, 0.25) is 0 Å². The topological polar surface area (TPSA) is 52.9 Å². The van der Waals surface area contributed by atoms with Crippen LogP contribution in [0.1, 0.15) is 34.2 Å². The highest BCUT2D eigenvalue weighted by molar-refractivity contribution is 7.12. The standard InChI is InChI=1S/C16H16N2OS/c1-11-8-9-15(20-11)12(2)18-16(19)14(10-17)13-6-4-3-5-7-13/h3-9,12,14H,1-2H3,(H,18,19). The molecular weight excluding hydrogens is 268 g/mol. The highest BCUT2D eigenvalue weighted by atomic mass is 32.1. The second-order valence-electron chi connectivity index (χ2n) is 4.65. The molecule has 0 saturated heterocycles. The summed E-state index contributed by atoms with van der Waals surface area (Å²) in [5, 5.41) is 12.1. The molecule has 1 N–H and O–H groups in total. The summed E-state index contributed by atoms with van der Waals surface area (Å²) < 4.78 is 0. The molecule has 2 unspecified atom stereocenters. The first-order valence-corrected chi connectivity index (χ1v) is 7.24. The highest BCUT2D eigenvalue weighted by Gasteiger charge is 2.22. The fraction of sp³-hybridized carbons (Fsp3) is 0.250. The summed E-state index contributed by atoms with van der Waals surface area (Å²) in [6.45, 7) is 3.97. The van der Waals surface area contributed by atoms with Crippen LogP contribution in [0.4, 0.5) is 0 Å². The van der Waals surface area contributed by atoms with Crippen LogP contribution < -0.4 is 5.32 Å². The van der Waals surface area contributed by atoms with E-state index in [9.17, 15) is 10.1 Å². The molecule has 1 amide bonds. The van der Waals surface area contributed by atoms with E-state index in [2.05, 4.69) is 11.4 Å². The Morgan fingerprint density at radius 2 is 1.95 bits per heavy atom. The van der Waals surface area contributed by atoms with Crippen LogP contribution in [0.5, 0.6) is 0 Å². The number of nitriles is 1. The van der Waals surface area contributed by atoms with E-state index in [1.165, 1.54) is 4.88 Å². The lowest BCUT2D eigenvalue weighted by Crippen LogP contribution is -2.30. The molecule has 2 atom stereocenters. The van der Waals surface area contributed by atoms with Gasteiger partial charge in [0.05, 0.1) is 12.1 Å². The zero-order valence-corrected chi connectivity index (χ0v) is 12.3. The Kier molecular flexibility index (Phi) is 4.54. The van der Waals surface area contributed by atoms with Crippen LogP contribution in [-0.2, 0) is 4.79 Å². The SMILES string of the molecule is Cc1ccc(C(C)NC(=O)C(C#N)c2ccccc2)s1. The summed E-state index contributed by atoms with van der Waals surface area (Å²) >= 11 is 1.66. The molecule has 0 radical (unpaired) electrons. The van der Waals surface area contributed by atoms with E-state index in [-0.39, 0.29) is 11.9 Å². The van der Waals surface area contributed by atoms with Crippen LogP contribution in [0.15, 0.2) is 42.5 Å². The first kappa shape index (κ1) is 14.3. The van der Waals surface area contributed by atoms with Gasteiger partial charge in [0.2, 0.25) is 5.91 Å². The molecular formula is C16H16N2OS. The first-order chi connectivity index (χ1) is 9.61. The van der Waals surface area contributed by atoms with Crippen molar-refractivity contribution in [3.8, 4) is 6.07 Å². The van der Waals surface area contributed by atoms with Gasteiger partial charge in [-0.15, -0.1) is 11.3 Å². The third kappa shape index (κ3) is 3.25. The lowest BCUT2D eigenvalue weighted by molar-refractivity contribution is -0.122. The highest BCUT2D eigenvalue weighted by Crippen LogP contribution is 2.23. The number of hydrogen-bond acceptors (Lipinski definition) is 3. The maximum absolute atomic E-state index is 12.2. The number of thiophene rings is 1. The third-order valence-corrected chi connectivity index (χ3v) is 4.25. The van der Waals surface area contributed by atoms with Gasteiger partial charge in [0.25, 0.3) is 0 Å². The van der Waals surface area contributed by atoms with Crippen molar-refractivity contribution in [3.63, 3.8) is 0 Å². The molecule has 1 aromatic heterocycles. The van der Waals surface area contributed by atoms with Crippen molar-refractivity contribution in [2.24, 2.45) is 0 Å². The lowest BCUT2D eigenvalue weighted by Gasteiger charge is -2.15. The predicted molar refractivity (Wildman–Crippen MR) is 80.4 cm³/mol. The Labute approximate surface area is 122 Å². The summed E-state index contributed by atoms with van der Waals surface area (Å²) in [6, 6.07) is 15.2. The number of nitrogens with zero attached hydrogens (tertiary/aromatic N) is 1. The number of carbonyl (C=O) groups excluding carboxylic acids is 1. The van der Waals surface area contributed by atoms with Crippen molar-refractivity contribution >= 4 is 17.2 Å². The van der Waals surface area contributed by atoms with Crippen LogP contribution in [-0.4, -0.2) is 5.91 Å². The Balaban J connectivity index is 2.09. The van der Waals surface area contributed by atoms with E-state index >= 15 is 0 Å². The van der Waals surface area contributed by atoms with Crippen molar-refractivity contribution < 1.29 is 4.79 Å². The van der Waals surface area contributed by atoms with Crippen LogP contribution >= 0.6 is 11.3 Å². The summed E-state index contributed by atoms with van der Waals surface area (Å²) in [7, 11) is 0. The average Bonchev–Trinajstić information content (AvgIpc) is 2.87. The molecule has 1 heterocycles. The molecule has 0 bridgehead atoms. The van der Waals surface area contributed by atoms with E-state index in [1.54, 1.807) is 23.5 Å². The van der Waals surface area contributed by atoms with Crippen molar-refractivity contribution in [1.29, 1.82) is 5.26 Å². The smallest absolute Gasteiger partial charge is 0.242 e. The number of carbonyl (C=O) groups is 1. The Bertz CT molecular complexity index is 627. The number of amides is 1. The van der Waals surface area contributed by atoms with Gasteiger partial charge in [0.15, 0.2) is 0 Å². The van der Waals surface area contributed by atoms with Crippen LogP contribution in [0, 0.1) is 18.3 Å². The molecule has 1 aromatic carbocycles. The molecule has 3 nitrogen and oxygen atoms in total. The summed E-state index contributed by atoms with van der Waals surface area (Å²) in [4.78, 5) is 14.5. The predicted octanol–water partition coefficient (Wildman–Crippen LogP) is 3.54. The minimum atomic E-state index is -0.764. The number of benzene rings is 1. The van der Waals surface area contributed by atoms with Gasteiger partial charge in [-0.25, -0.2) is 0 Å². The largest absolute Gasteiger partial charge is 0.347 e. The number of hydrogen-bond donors (Lipinski definition) is 1. The van der Waals surface area contributed by atoms with Gasteiger partial charge < -0.3 is 5.32 Å². The quantitative estimate of drug-likeness (QED) is 0.933. The monoisotopic (exact) mass is 284 g/mol. The molecule has 0 saturated carbocycles. The molecule has 2 rings (SSSR count). The second-order valence-corrected chi connectivity index (χ2v) is 5.97. The Morgan fingerprint density at radius 3 is 2.50 bits per heavy atom. The van der Waals surface area contributed by atoms with Gasteiger partial charge in [-0.05, 0) is 31.5 Å². The summed E-state index contributed by atoms with van der Waals surface area (Å²) in [5.41, 5.74) is 0.724. The van der Waals surface area contributed by atoms with Gasteiger partial charge in [-0.3, -0.25) is 4.79 Å². The fourth-order valence-electron chi connectivity index (χ4n) is 1.98. The molecule has 0 aliphatic carbocycles. The first-order valence-electron chi connectivity index (χ1n) is 6.43. The zero-order valence-electron chi connectivity index (χ0n) is 11.5. The lowest BCUT2D eigenvalue weighted by atomic mass is 9.99.